The summed E-state index contributed by atoms with van der Waals surface area (Å²) in [4.78, 5) is 0.266. The van der Waals surface area contributed by atoms with Crippen molar-refractivity contribution in [2.75, 3.05) is 6.54 Å². The molecule has 1 heterocycles. The number of sulfonamides is 1. The Hall–Kier alpha value is -1.38. The van der Waals surface area contributed by atoms with Gasteiger partial charge in [0, 0.05) is 6.54 Å². The van der Waals surface area contributed by atoms with E-state index in [1.807, 2.05) is 13.8 Å². The van der Waals surface area contributed by atoms with Crippen molar-refractivity contribution >= 4 is 10.0 Å². The van der Waals surface area contributed by atoms with Crippen LogP contribution in [0.5, 0.6) is 0 Å². The molecule has 0 bridgehead atoms. The average molecular weight is 264 g/mol. The number of rotatable bonds is 2. The largest absolute Gasteiger partial charge is 0.244 e. The zero-order valence-electron chi connectivity index (χ0n) is 10.5. The smallest absolute Gasteiger partial charge is 0.207 e. The zero-order chi connectivity index (χ0) is 13.3. The highest BCUT2D eigenvalue weighted by Gasteiger charge is 2.39. The highest BCUT2D eigenvalue weighted by Crippen LogP contribution is 2.29. The van der Waals surface area contributed by atoms with E-state index < -0.39 is 16.1 Å². The Bertz CT molecular complexity index is 572. The summed E-state index contributed by atoms with van der Waals surface area (Å²) >= 11 is 0. The Labute approximate surface area is 108 Å². The van der Waals surface area contributed by atoms with Gasteiger partial charge in [0.1, 0.15) is 6.04 Å². The van der Waals surface area contributed by atoms with Gasteiger partial charge < -0.3 is 0 Å². The van der Waals surface area contributed by atoms with E-state index in [0.717, 1.165) is 12.0 Å². The van der Waals surface area contributed by atoms with Gasteiger partial charge in [0.05, 0.1) is 11.0 Å². The molecule has 96 valence electrons. The van der Waals surface area contributed by atoms with Gasteiger partial charge in [0.2, 0.25) is 10.0 Å². The number of aryl methyl sites for hydroxylation is 1. The Morgan fingerprint density at radius 1 is 1.33 bits per heavy atom. The fraction of sp³-hybridized carbons (Fsp3) is 0.462. The van der Waals surface area contributed by atoms with Crippen molar-refractivity contribution in [2.45, 2.75) is 31.2 Å². The molecule has 1 aliphatic rings. The van der Waals surface area contributed by atoms with Crippen LogP contribution in [0.2, 0.25) is 0 Å². The SMILES string of the molecule is Cc1ccc(S(=O)(=O)N2CCC(C)C2C#N)cc1. The molecule has 0 radical (unpaired) electrons. The Balaban J connectivity index is 2.38. The zero-order valence-corrected chi connectivity index (χ0v) is 11.3. The second kappa shape index (κ2) is 4.71. The fourth-order valence-corrected chi connectivity index (χ4v) is 3.87. The van der Waals surface area contributed by atoms with Gasteiger partial charge in [-0.3, -0.25) is 0 Å². The Kier molecular flexibility index (Phi) is 3.42. The first-order valence-corrected chi connectivity index (χ1v) is 7.39. The maximum absolute atomic E-state index is 12.4. The van der Waals surface area contributed by atoms with E-state index in [4.69, 9.17) is 5.26 Å². The van der Waals surface area contributed by atoms with Gasteiger partial charge in [0.25, 0.3) is 0 Å². The van der Waals surface area contributed by atoms with Gasteiger partial charge in [-0.1, -0.05) is 24.6 Å². The minimum absolute atomic E-state index is 0.0928. The molecule has 2 atom stereocenters. The van der Waals surface area contributed by atoms with Crippen LogP contribution in [0.1, 0.15) is 18.9 Å². The summed E-state index contributed by atoms with van der Waals surface area (Å²) in [5, 5.41) is 9.11. The maximum atomic E-state index is 12.4. The molecule has 1 fully saturated rings. The first kappa shape index (κ1) is 13.1. The lowest BCUT2D eigenvalue weighted by Crippen LogP contribution is -2.36. The summed E-state index contributed by atoms with van der Waals surface area (Å²) in [6.45, 7) is 4.25. The Morgan fingerprint density at radius 3 is 2.50 bits per heavy atom. The normalized spacial score (nSPS) is 24.9. The van der Waals surface area contributed by atoms with Gasteiger partial charge in [-0.05, 0) is 31.4 Å². The van der Waals surface area contributed by atoms with E-state index in [-0.39, 0.29) is 10.8 Å². The van der Waals surface area contributed by atoms with Gasteiger partial charge in [0.15, 0.2) is 0 Å². The molecule has 0 amide bonds. The lowest BCUT2D eigenvalue weighted by atomic mass is 10.1. The highest BCUT2D eigenvalue weighted by atomic mass is 32.2. The van der Waals surface area contributed by atoms with E-state index in [0.29, 0.717) is 6.54 Å². The maximum Gasteiger partial charge on any atom is 0.244 e. The van der Waals surface area contributed by atoms with Crippen LogP contribution >= 0.6 is 0 Å². The van der Waals surface area contributed by atoms with Crippen molar-refractivity contribution in [1.29, 1.82) is 5.26 Å². The van der Waals surface area contributed by atoms with E-state index in [2.05, 4.69) is 6.07 Å². The van der Waals surface area contributed by atoms with E-state index >= 15 is 0 Å². The predicted octanol–water partition coefficient (Wildman–Crippen LogP) is 1.92. The summed E-state index contributed by atoms with van der Waals surface area (Å²) in [6, 6.07) is 8.29. The molecule has 4 nitrogen and oxygen atoms in total. The molecule has 1 saturated heterocycles. The minimum atomic E-state index is -3.54. The van der Waals surface area contributed by atoms with Gasteiger partial charge in [-0.15, -0.1) is 0 Å². The molecule has 2 rings (SSSR count). The van der Waals surface area contributed by atoms with Crippen molar-refractivity contribution in [3.05, 3.63) is 29.8 Å². The number of nitriles is 1. The average Bonchev–Trinajstić information content (AvgIpc) is 2.71. The molecule has 0 saturated carbocycles. The molecule has 1 aliphatic heterocycles. The van der Waals surface area contributed by atoms with Crippen LogP contribution in [-0.2, 0) is 10.0 Å². The predicted molar refractivity (Wildman–Crippen MR) is 68.3 cm³/mol. The monoisotopic (exact) mass is 264 g/mol. The lowest BCUT2D eigenvalue weighted by molar-refractivity contribution is 0.409. The molecule has 0 aliphatic carbocycles. The standard InChI is InChI=1S/C13H16N2O2S/c1-10-3-5-12(6-4-10)18(16,17)15-8-7-11(2)13(15)9-14/h3-6,11,13H,7-8H2,1-2H3. The second-order valence-electron chi connectivity index (χ2n) is 4.77. The minimum Gasteiger partial charge on any atom is -0.207 e. The Morgan fingerprint density at radius 2 is 1.94 bits per heavy atom. The lowest BCUT2D eigenvalue weighted by Gasteiger charge is -2.20. The third-order valence-electron chi connectivity index (χ3n) is 3.41. The molecular formula is C13H16N2O2S. The molecule has 0 spiro atoms. The summed E-state index contributed by atoms with van der Waals surface area (Å²) in [5.74, 6) is 0.0928. The summed E-state index contributed by atoms with van der Waals surface area (Å²) < 4.78 is 26.2. The van der Waals surface area contributed by atoms with Crippen LogP contribution in [0.4, 0.5) is 0 Å². The first-order chi connectivity index (χ1) is 8.46. The summed E-state index contributed by atoms with van der Waals surface area (Å²) in [7, 11) is -3.54. The number of hydrogen-bond donors (Lipinski definition) is 0. The van der Waals surface area contributed by atoms with Crippen LogP contribution in [-0.4, -0.2) is 25.3 Å². The molecule has 18 heavy (non-hydrogen) atoms. The molecule has 0 N–H and O–H groups in total. The third kappa shape index (κ3) is 2.14. The van der Waals surface area contributed by atoms with E-state index in [1.165, 1.54) is 4.31 Å². The fourth-order valence-electron chi connectivity index (χ4n) is 2.22. The second-order valence-corrected chi connectivity index (χ2v) is 6.66. The van der Waals surface area contributed by atoms with Crippen molar-refractivity contribution in [3.8, 4) is 6.07 Å². The van der Waals surface area contributed by atoms with Crippen LogP contribution in [0.15, 0.2) is 29.2 Å². The molecule has 0 aromatic heterocycles. The van der Waals surface area contributed by atoms with Crippen molar-refractivity contribution in [1.82, 2.24) is 4.31 Å². The first-order valence-electron chi connectivity index (χ1n) is 5.95. The quantitative estimate of drug-likeness (QED) is 0.820. The number of benzene rings is 1. The van der Waals surface area contributed by atoms with Crippen molar-refractivity contribution in [2.24, 2.45) is 5.92 Å². The van der Waals surface area contributed by atoms with Gasteiger partial charge >= 0.3 is 0 Å². The molecule has 1 aromatic carbocycles. The van der Waals surface area contributed by atoms with E-state index in [9.17, 15) is 8.42 Å². The van der Waals surface area contributed by atoms with Crippen molar-refractivity contribution < 1.29 is 8.42 Å². The molecule has 1 aromatic rings. The molecule has 5 heteroatoms. The van der Waals surface area contributed by atoms with E-state index in [1.54, 1.807) is 24.3 Å². The number of hydrogen-bond acceptors (Lipinski definition) is 3. The van der Waals surface area contributed by atoms with Crippen LogP contribution < -0.4 is 0 Å². The van der Waals surface area contributed by atoms with Crippen LogP contribution in [0.3, 0.4) is 0 Å². The van der Waals surface area contributed by atoms with Crippen LogP contribution in [0.25, 0.3) is 0 Å². The molecule has 2 unspecified atom stereocenters. The van der Waals surface area contributed by atoms with Crippen molar-refractivity contribution in [3.63, 3.8) is 0 Å². The van der Waals surface area contributed by atoms with Crippen LogP contribution in [0, 0.1) is 24.2 Å². The topological polar surface area (TPSA) is 61.2 Å². The van der Waals surface area contributed by atoms with Gasteiger partial charge in [-0.2, -0.15) is 9.57 Å². The third-order valence-corrected chi connectivity index (χ3v) is 5.31. The highest BCUT2D eigenvalue weighted by molar-refractivity contribution is 7.89. The number of nitrogens with zero attached hydrogens (tertiary/aromatic N) is 2. The van der Waals surface area contributed by atoms with Gasteiger partial charge in [-0.25, -0.2) is 8.42 Å². The summed E-state index contributed by atoms with van der Waals surface area (Å²) in [5.41, 5.74) is 1.01. The molecular weight excluding hydrogens is 248 g/mol. The summed E-state index contributed by atoms with van der Waals surface area (Å²) in [6.07, 6.45) is 0.739.